The monoisotopic (exact) mass is 467 g/mol. The molecule has 0 atom stereocenters. The maximum absolute atomic E-state index is 12.8. The second-order valence-corrected chi connectivity index (χ2v) is 9.24. The minimum atomic E-state index is -0.146. The Balaban J connectivity index is 1.22. The molecule has 0 unspecified atom stereocenters. The highest BCUT2D eigenvalue weighted by atomic mass is 32.1. The SMILES string of the molecule is Cc1cccc(OCc2csc(C(=O)Nc3cnn(Cc4cccc5ccccc45)c3)c2)c1C. The lowest BCUT2D eigenvalue weighted by Gasteiger charge is -2.09. The summed E-state index contributed by atoms with van der Waals surface area (Å²) in [5.41, 5.74) is 5.17. The maximum Gasteiger partial charge on any atom is 0.265 e. The highest BCUT2D eigenvalue weighted by molar-refractivity contribution is 7.12. The maximum atomic E-state index is 12.8. The minimum Gasteiger partial charge on any atom is -0.489 e. The van der Waals surface area contributed by atoms with Gasteiger partial charge in [0.2, 0.25) is 0 Å². The van der Waals surface area contributed by atoms with E-state index in [1.807, 2.05) is 46.6 Å². The molecule has 5 rings (SSSR count). The van der Waals surface area contributed by atoms with Gasteiger partial charge in [0.15, 0.2) is 0 Å². The van der Waals surface area contributed by atoms with Crippen molar-refractivity contribution >= 4 is 33.7 Å². The number of fused-ring (bicyclic) bond motifs is 1. The molecule has 2 heterocycles. The van der Waals surface area contributed by atoms with E-state index in [1.165, 1.54) is 33.2 Å². The van der Waals surface area contributed by atoms with Crippen molar-refractivity contribution in [2.24, 2.45) is 0 Å². The van der Waals surface area contributed by atoms with E-state index in [2.05, 4.69) is 60.7 Å². The topological polar surface area (TPSA) is 56.1 Å². The lowest BCUT2D eigenvalue weighted by atomic mass is 10.0. The van der Waals surface area contributed by atoms with Crippen LogP contribution in [0.4, 0.5) is 5.69 Å². The van der Waals surface area contributed by atoms with Crippen LogP contribution in [-0.2, 0) is 13.2 Å². The first-order valence-corrected chi connectivity index (χ1v) is 12.0. The summed E-state index contributed by atoms with van der Waals surface area (Å²) in [7, 11) is 0. The molecular weight excluding hydrogens is 442 g/mol. The quantitative estimate of drug-likeness (QED) is 0.294. The normalized spacial score (nSPS) is 11.0. The summed E-state index contributed by atoms with van der Waals surface area (Å²) in [4.78, 5) is 13.4. The number of ether oxygens (including phenoxy) is 1. The Hall–Kier alpha value is -3.90. The Kier molecular flexibility index (Phi) is 6.14. The van der Waals surface area contributed by atoms with Crippen molar-refractivity contribution in [3.63, 3.8) is 0 Å². The molecule has 5 aromatic rings. The molecule has 1 N–H and O–H groups in total. The van der Waals surface area contributed by atoms with Crippen molar-refractivity contribution in [1.82, 2.24) is 9.78 Å². The van der Waals surface area contributed by atoms with Gasteiger partial charge in [-0.25, -0.2) is 0 Å². The lowest BCUT2D eigenvalue weighted by molar-refractivity contribution is 0.103. The van der Waals surface area contributed by atoms with Crippen LogP contribution in [-0.4, -0.2) is 15.7 Å². The Bertz CT molecular complexity index is 1460. The van der Waals surface area contributed by atoms with E-state index in [1.54, 1.807) is 6.20 Å². The summed E-state index contributed by atoms with van der Waals surface area (Å²) in [6, 6.07) is 22.5. The molecule has 0 bridgehead atoms. The lowest BCUT2D eigenvalue weighted by Crippen LogP contribution is -2.09. The average molecular weight is 468 g/mol. The minimum absolute atomic E-state index is 0.146. The summed E-state index contributed by atoms with van der Waals surface area (Å²) >= 11 is 1.41. The molecule has 0 aliphatic heterocycles. The number of anilines is 1. The van der Waals surface area contributed by atoms with Crippen molar-refractivity contribution in [3.8, 4) is 5.75 Å². The van der Waals surface area contributed by atoms with Crippen LogP contribution < -0.4 is 10.1 Å². The fourth-order valence-electron chi connectivity index (χ4n) is 3.92. The molecule has 1 amide bonds. The Morgan fingerprint density at radius 2 is 1.88 bits per heavy atom. The number of aryl methyl sites for hydroxylation is 1. The summed E-state index contributed by atoms with van der Waals surface area (Å²) in [5, 5.41) is 11.8. The van der Waals surface area contributed by atoms with Crippen LogP contribution in [0.5, 0.6) is 5.75 Å². The van der Waals surface area contributed by atoms with Crippen molar-refractivity contribution in [2.45, 2.75) is 27.0 Å². The molecule has 0 fully saturated rings. The second kappa shape index (κ2) is 9.53. The van der Waals surface area contributed by atoms with Crippen LogP contribution in [0.25, 0.3) is 10.8 Å². The van der Waals surface area contributed by atoms with Gasteiger partial charge in [0.05, 0.1) is 23.3 Å². The smallest absolute Gasteiger partial charge is 0.265 e. The number of benzene rings is 3. The number of carbonyl (C=O) groups is 1. The summed E-state index contributed by atoms with van der Waals surface area (Å²) in [6.45, 7) is 5.18. The third kappa shape index (κ3) is 4.72. The van der Waals surface area contributed by atoms with Gasteiger partial charge in [-0.05, 0) is 58.8 Å². The van der Waals surface area contributed by atoms with Gasteiger partial charge in [0.1, 0.15) is 12.4 Å². The summed E-state index contributed by atoms with van der Waals surface area (Å²) < 4.78 is 7.81. The molecule has 5 nitrogen and oxygen atoms in total. The third-order valence-electron chi connectivity index (χ3n) is 5.93. The second-order valence-electron chi connectivity index (χ2n) is 8.32. The summed E-state index contributed by atoms with van der Waals surface area (Å²) in [5.74, 6) is 0.725. The van der Waals surface area contributed by atoms with Crippen LogP contribution in [0.2, 0.25) is 0 Å². The molecule has 3 aromatic carbocycles. The van der Waals surface area contributed by atoms with Crippen LogP contribution in [0.1, 0.15) is 31.9 Å². The predicted molar refractivity (Wildman–Crippen MR) is 138 cm³/mol. The predicted octanol–water partition coefficient (Wildman–Crippen LogP) is 6.59. The van der Waals surface area contributed by atoms with E-state index in [9.17, 15) is 4.79 Å². The van der Waals surface area contributed by atoms with E-state index in [0.717, 1.165) is 16.9 Å². The van der Waals surface area contributed by atoms with Gasteiger partial charge in [-0.1, -0.05) is 54.6 Å². The number of thiophene rings is 1. The van der Waals surface area contributed by atoms with Crippen LogP contribution in [0.3, 0.4) is 0 Å². The van der Waals surface area contributed by atoms with Crippen molar-refractivity contribution in [3.05, 3.63) is 112 Å². The van der Waals surface area contributed by atoms with Crippen LogP contribution >= 0.6 is 11.3 Å². The standard InChI is InChI=1S/C28H25N3O2S/c1-19-7-5-12-26(20(19)2)33-17-21-13-27(34-18-21)28(32)30-24-14-29-31(16-24)15-23-10-6-9-22-8-3-4-11-25(22)23/h3-14,16,18H,15,17H2,1-2H3,(H,30,32). The highest BCUT2D eigenvalue weighted by Crippen LogP contribution is 2.24. The van der Waals surface area contributed by atoms with E-state index in [0.29, 0.717) is 23.7 Å². The molecule has 2 aromatic heterocycles. The zero-order valence-corrected chi connectivity index (χ0v) is 19.9. The van der Waals surface area contributed by atoms with Gasteiger partial charge >= 0.3 is 0 Å². The number of nitrogens with zero attached hydrogens (tertiary/aromatic N) is 2. The average Bonchev–Trinajstić information content (AvgIpc) is 3.50. The molecule has 0 aliphatic rings. The molecule has 0 aliphatic carbocycles. The first-order valence-electron chi connectivity index (χ1n) is 11.1. The van der Waals surface area contributed by atoms with E-state index >= 15 is 0 Å². The van der Waals surface area contributed by atoms with Crippen molar-refractivity contribution < 1.29 is 9.53 Å². The Labute approximate surface area is 202 Å². The van der Waals surface area contributed by atoms with Crippen molar-refractivity contribution in [1.29, 1.82) is 0 Å². The fourth-order valence-corrected chi connectivity index (χ4v) is 4.72. The van der Waals surface area contributed by atoms with Gasteiger partial charge in [-0.3, -0.25) is 9.48 Å². The van der Waals surface area contributed by atoms with Crippen LogP contribution in [0.15, 0.2) is 84.5 Å². The Morgan fingerprint density at radius 3 is 2.79 bits per heavy atom. The van der Waals surface area contributed by atoms with E-state index in [4.69, 9.17) is 4.74 Å². The molecule has 0 saturated heterocycles. The van der Waals surface area contributed by atoms with Crippen molar-refractivity contribution in [2.75, 3.05) is 5.32 Å². The molecule has 34 heavy (non-hydrogen) atoms. The number of rotatable bonds is 7. The van der Waals surface area contributed by atoms with E-state index < -0.39 is 0 Å². The number of hydrogen-bond donors (Lipinski definition) is 1. The molecule has 6 heteroatoms. The van der Waals surface area contributed by atoms with Gasteiger partial charge < -0.3 is 10.1 Å². The zero-order chi connectivity index (χ0) is 23.5. The van der Waals surface area contributed by atoms with Gasteiger partial charge in [-0.15, -0.1) is 11.3 Å². The fraction of sp³-hybridized carbons (Fsp3) is 0.143. The van der Waals surface area contributed by atoms with Gasteiger partial charge in [0.25, 0.3) is 5.91 Å². The molecule has 0 radical (unpaired) electrons. The molecule has 0 spiro atoms. The highest BCUT2D eigenvalue weighted by Gasteiger charge is 2.12. The van der Waals surface area contributed by atoms with Crippen LogP contribution in [0, 0.1) is 13.8 Å². The molecule has 0 saturated carbocycles. The molecule has 170 valence electrons. The number of amides is 1. The first-order chi connectivity index (χ1) is 16.6. The van der Waals surface area contributed by atoms with Gasteiger partial charge in [0, 0.05) is 11.8 Å². The number of hydrogen-bond acceptors (Lipinski definition) is 4. The zero-order valence-electron chi connectivity index (χ0n) is 19.1. The number of aromatic nitrogens is 2. The number of nitrogens with one attached hydrogen (secondary N) is 1. The largest absolute Gasteiger partial charge is 0.489 e. The first kappa shape index (κ1) is 21.9. The Morgan fingerprint density at radius 1 is 1.06 bits per heavy atom. The van der Waals surface area contributed by atoms with Gasteiger partial charge in [-0.2, -0.15) is 5.10 Å². The third-order valence-corrected chi connectivity index (χ3v) is 6.91. The van der Waals surface area contributed by atoms with E-state index in [-0.39, 0.29) is 5.91 Å². The number of carbonyl (C=O) groups excluding carboxylic acids is 1. The molecular formula is C28H25N3O2S. The summed E-state index contributed by atoms with van der Waals surface area (Å²) in [6.07, 6.45) is 3.54.